The molecule has 2 aromatic rings. The second-order valence-electron chi connectivity index (χ2n) is 18.5. The Bertz CT molecular complexity index is 2130. The van der Waals surface area contributed by atoms with Crippen molar-refractivity contribution in [3.05, 3.63) is 58.7 Å². The van der Waals surface area contributed by atoms with Crippen LogP contribution >= 0.6 is 37.2 Å². The molecule has 2 aromatic carbocycles. The molecule has 0 heterocycles. The molecule has 3 aliphatic carbocycles. The van der Waals surface area contributed by atoms with Crippen molar-refractivity contribution in [2.45, 2.75) is 114 Å². The maximum Gasteiger partial charge on any atom is 0.474 e. The molecule has 28 heteroatoms. The van der Waals surface area contributed by atoms with E-state index in [0.29, 0.717) is 63.4 Å². The summed E-state index contributed by atoms with van der Waals surface area (Å²) < 4.78 is 219. The minimum absolute atomic E-state index is 0.00314. The second kappa shape index (κ2) is 27.4. The summed E-state index contributed by atoms with van der Waals surface area (Å²) >= 11 is 0. The van der Waals surface area contributed by atoms with Crippen LogP contribution in [0.4, 0.5) is 48.3 Å². The highest BCUT2D eigenvalue weighted by atomic mass is 33.1. The van der Waals surface area contributed by atoms with Gasteiger partial charge in [0.05, 0.1) is 32.5 Å². The number of rotatable bonds is 31. The first-order chi connectivity index (χ1) is 34.7. The Morgan fingerprint density at radius 1 is 0.770 bits per heavy atom. The Balaban J connectivity index is 0.987. The number of ether oxygens (including phenoxy) is 4. The normalized spacial score (nSPS) is 22.8. The molecule has 2 saturated carbocycles. The van der Waals surface area contributed by atoms with Crippen molar-refractivity contribution in [3.63, 3.8) is 0 Å². The van der Waals surface area contributed by atoms with Crippen LogP contribution in [0.1, 0.15) is 87.3 Å². The number of phosphoric ester groups is 2. The Hall–Kier alpha value is -1.77. The van der Waals surface area contributed by atoms with E-state index >= 15 is 8.78 Å². The average molecular weight is 1160 g/mol. The summed E-state index contributed by atoms with van der Waals surface area (Å²) in [4.78, 5) is 9.56. The molecule has 74 heavy (non-hydrogen) atoms. The fraction of sp³-hybridized carbons (Fsp3) is 0.739. The van der Waals surface area contributed by atoms with Gasteiger partial charge < -0.3 is 29.2 Å². The van der Waals surface area contributed by atoms with Crippen molar-refractivity contribution in [3.8, 4) is 11.5 Å². The predicted molar refractivity (Wildman–Crippen MR) is 254 cm³/mol. The van der Waals surface area contributed by atoms with E-state index in [1.54, 1.807) is 27.7 Å². The van der Waals surface area contributed by atoms with Gasteiger partial charge in [-0.25, -0.2) is 17.9 Å². The highest BCUT2D eigenvalue weighted by Crippen LogP contribution is 2.62. The quantitative estimate of drug-likeness (QED) is 0.0319. The molecule has 0 amide bonds. The standard InChI is InChI=1S/C46H64F11NO12P2S2/c1-42-16-15-35-34-12-10-32(24-31(34)9-11-36(35)38(42)13-14-41(42)66-19-7-20-67-43(44(49,50)51,45(52,53)54)46(55,56)57)70-33-25-39(47)37(40(48)26-33)27-58-17-6-22-73-74-23-21-65-18-5-8-30(28-68-71(59,60)62-2)29-69-72(61,63-3)64-4/h10,12,24-26,30,35-36,38,41,58H,5-9,11,13-23,27-29H2,1-4H3,(H,59,60). The molecule has 7 atom stereocenters. The summed E-state index contributed by atoms with van der Waals surface area (Å²) in [5.74, 6) is 0.538. The van der Waals surface area contributed by atoms with Gasteiger partial charge >= 0.3 is 39.8 Å². The van der Waals surface area contributed by atoms with Crippen LogP contribution < -0.4 is 10.1 Å². The van der Waals surface area contributed by atoms with Gasteiger partial charge in [-0.05, 0) is 117 Å². The molecule has 0 saturated heterocycles. The molecule has 7 unspecified atom stereocenters. The van der Waals surface area contributed by atoms with Crippen LogP contribution in [-0.2, 0) is 58.9 Å². The molecular weight excluding hydrogens is 1090 g/mol. The third-order valence-corrected chi connectivity index (χ3v) is 18.6. The monoisotopic (exact) mass is 1160 g/mol. The lowest BCUT2D eigenvalue weighted by molar-refractivity contribution is -0.457. The summed E-state index contributed by atoms with van der Waals surface area (Å²) in [6.45, 7) is 1.21. The molecule has 0 aromatic heterocycles. The van der Waals surface area contributed by atoms with E-state index in [-0.39, 0.29) is 60.8 Å². The Morgan fingerprint density at radius 2 is 1.43 bits per heavy atom. The first-order valence-electron chi connectivity index (χ1n) is 23.9. The summed E-state index contributed by atoms with van der Waals surface area (Å²) in [5.41, 5.74) is -4.63. The van der Waals surface area contributed by atoms with Gasteiger partial charge in [-0.3, -0.25) is 22.6 Å². The molecule has 2 fully saturated rings. The molecule has 2 N–H and O–H groups in total. The van der Waals surface area contributed by atoms with Gasteiger partial charge in [0.2, 0.25) is 0 Å². The van der Waals surface area contributed by atoms with E-state index in [1.165, 1.54) is 14.2 Å². The lowest BCUT2D eigenvalue weighted by Gasteiger charge is -2.50. The summed E-state index contributed by atoms with van der Waals surface area (Å²) in [6, 6.07) is 7.86. The van der Waals surface area contributed by atoms with E-state index in [1.807, 2.05) is 19.1 Å². The Labute approximate surface area is 431 Å². The van der Waals surface area contributed by atoms with Gasteiger partial charge in [-0.15, -0.1) is 0 Å². The molecular formula is C46H64F11NO12P2S2. The molecule has 13 nitrogen and oxygen atoms in total. The van der Waals surface area contributed by atoms with Crippen LogP contribution in [0.5, 0.6) is 11.5 Å². The molecule has 424 valence electrons. The predicted octanol–water partition coefficient (Wildman–Crippen LogP) is 13.3. The first-order valence-corrected chi connectivity index (χ1v) is 29.4. The van der Waals surface area contributed by atoms with Crippen LogP contribution in [0.15, 0.2) is 30.3 Å². The van der Waals surface area contributed by atoms with E-state index < -0.39 is 76.5 Å². The van der Waals surface area contributed by atoms with Gasteiger partial charge in [0, 0.05) is 76.2 Å². The maximum atomic E-state index is 15.2. The number of halogens is 11. The van der Waals surface area contributed by atoms with Crippen LogP contribution in [0.2, 0.25) is 0 Å². The SMILES string of the molecule is COP(=O)(O)OCC(CCCOCCSSCCCNCc1c(F)cc(Oc2ccc3c(c2)CCC2C3CCC3(C)C(OCCCOC(C(F)(F)F)(C(F)(F)F)C(F)(F)F)CCC23)cc1F)COP(=O)(OC)OC. The summed E-state index contributed by atoms with van der Waals surface area (Å²) in [5, 5.41) is 3.08. The highest BCUT2D eigenvalue weighted by Gasteiger charge is 2.85. The van der Waals surface area contributed by atoms with Crippen LogP contribution in [0.3, 0.4) is 0 Å². The van der Waals surface area contributed by atoms with Crippen molar-refractivity contribution in [2.24, 2.45) is 23.2 Å². The van der Waals surface area contributed by atoms with E-state index in [0.717, 1.165) is 61.8 Å². The maximum absolute atomic E-state index is 15.2. The fourth-order valence-corrected chi connectivity index (χ4v) is 13.3. The number of fused-ring (bicyclic) bond motifs is 5. The smallest absolute Gasteiger partial charge is 0.457 e. The van der Waals surface area contributed by atoms with Crippen molar-refractivity contribution >= 4 is 37.2 Å². The third kappa shape index (κ3) is 16.2. The Kier molecular flexibility index (Phi) is 23.4. The highest BCUT2D eigenvalue weighted by molar-refractivity contribution is 8.76. The molecule has 0 spiro atoms. The molecule has 0 bridgehead atoms. The number of alkyl halides is 9. The molecule has 3 aliphatic rings. The number of phosphoric acid groups is 2. The lowest BCUT2D eigenvalue weighted by Crippen LogP contribution is -2.67. The summed E-state index contributed by atoms with van der Waals surface area (Å²) in [6.07, 6.45) is -15.3. The zero-order valence-electron chi connectivity index (χ0n) is 41.2. The van der Waals surface area contributed by atoms with E-state index in [4.69, 9.17) is 32.3 Å². The van der Waals surface area contributed by atoms with Gasteiger partial charge in [0.25, 0.3) is 0 Å². The molecule has 5 rings (SSSR count). The lowest BCUT2D eigenvalue weighted by atomic mass is 9.55. The van der Waals surface area contributed by atoms with E-state index in [2.05, 4.69) is 14.6 Å². The Morgan fingerprint density at radius 3 is 2.08 bits per heavy atom. The topological polar surface area (TPSA) is 149 Å². The van der Waals surface area contributed by atoms with Crippen molar-refractivity contribution < 1.29 is 104 Å². The minimum atomic E-state index is -6.79. The second-order valence-corrected chi connectivity index (χ2v) is 24.6. The van der Waals surface area contributed by atoms with Crippen molar-refractivity contribution in [1.29, 1.82) is 0 Å². The molecule has 0 radical (unpaired) electrons. The largest absolute Gasteiger partial charge is 0.474 e. The van der Waals surface area contributed by atoms with Crippen LogP contribution in [-0.4, -0.2) is 114 Å². The zero-order chi connectivity index (χ0) is 54.6. The number of aryl methyl sites for hydroxylation is 1. The first kappa shape index (κ1) is 63.1. The van der Waals surface area contributed by atoms with Crippen LogP contribution in [0.25, 0.3) is 0 Å². The van der Waals surface area contributed by atoms with Crippen LogP contribution in [0, 0.1) is 34.8 Å². The molecule has 0 aliphatic heterocycles. The minimum Gasteiger partial charge on any atom is -0.457 e. The van der Waals surface area contributed by atoms with Gasteiger partial charge in [0.15, 0.2) is 0 Å². The fourth-order valence-electron chi connectivity index (χ4n) is 10.1. The van der Waals surface area contributed by atoms with Gasteiger partial charge in [0.1, 0.15) is 23.1 Å². The third-order valence-electron chi connectivity index (χ3n) is 13.9. The number of nitrogens with one attached hydrogen (secondary N) is 1. The van der Waals surface area contributed by atoms with Gasteiger partial charge in [-0.2, -0.15) is 39.5 Å². The number of hydrogen-bond donors (Lipinski definition) is 2. The van der Waals surface area contributed by atoms with Gasteiger partial charge in [-0.1, -0.05) is 34.6 Å². The zero-order valence-corrected chi connectivity index (χ0v) is 44.6. The van der Waals surface area contributed by atoms with Crippen molar-refractivity contribution in [2.75, 3.05) is 79.0 Å². The average Bonchev–Trinajstić information content (AvgIpc) is 3.67. The number of benzene rings is 2. The summed E-state index contributed by atoms with van der Waals surface area (Å²) in [7, 11) is -1.36. The number of hydrogen-bond acceptors (Lipinski definition) is 14. The van der Waals surface area contributed by atoms with Crippen molar-refractivity contribution in [1.82, 2.24) is 5.32 Å². The van der Waals surface area contributed by atoms with E-state index in [9.17, 15) is 53.5 Å².